The summed E-state index contributed by atoms with van der Waals surface area (Å²) in [6.07, 6.45) is 0. The number of rotatable bonds is 3. The average molecular weight is 242 g/mol. The number of carbonyl (C=O) groups excluding carboxylic acids is 1. The summed E-state index contributed by atoms with van der Waals surface area (Å²) in [5, 5.41) is 8.46. The molecule has 0 fully saturated rings. The van der Waals surface area contributed by atoms with Gasteiger partial charge in [0.15, 0.2) is 17.5 Å². The molecule has 0 atom stereocenters. The van der Waals surface area contributed by atoms with Crippen molar-refractivity contribution >= 4 is 5.91 Å². The van der Waals surface area contributed by atoms with Crippen molar-refractivity contribution in [2.45, 2.75) is 6.92 Å². The maximum absolute atomic E-state index is 13.3. The van der Waals surface area contributed by atoms with Crippen LogP contribution in [0.5, 0.6) is 0 Å². The molecule has 0 heterocycles. The molecule has 0 saturated heterocycles. The molecule has 90 valence electrons. The Morgan fingerprint density at radius 3 is 2.53 bits per heavy atom. The zero-order valence-electron chi connectivity index (χ0n) is 9.01. The minimum Gasteiger partial charge on any atom is -0.326 e. The summed E-state index contributed by atoms with van der Waals surface area (Å²) in [5.74, 6) is -5.43. The van der Waals surface area contributed by atoms with Crippen LogP contribution in [0.3, 0.4) is 0 Å². The molecule has 0 aliphatic carbocycles. The quantitative estimate of drug-likeness (QED) is 0.601. The van der Waals surface area contributed by atoms with Crippen molar-refractivity contribution in [3.8, 4) is 6.07 Å². The van der Waals surface area contributed by atoms with E-state index in [0.717, 1.165) is 11.0 Å². The molecule has 0 N–H and O–H groups in total. The Bertz CT molecular complexity index is 482. The molecule has 0 aliphatic rings. The minimum atomic E-state index is -1.69. The molecule has 17 heavy (non-hydrogen) atoms. The van der Waals surface area contributed by atoms with Crippen molar-refractivity contribution < 1.29 is 18.0 Å². The highest BCUT2D eigenvalue weighted by Gasteiger charge is 2.22. The van der Waals surface area contributed by atoms with Gasteiger partial charge in [0.1, 0.15) is 6.54 Å². The lowest BCUT2D eigenvalue weighted by atomic mass is 10.1. The summed E-state index contributed by atoms with van der Waals surface area (Å²) in [5.41, 5.74) is -0.582. The van der Waals surface area contributed by atoms with Gasteiger partial charge in [-0.1, -0.05) is 0 Å². The molecule has 0 aromatic heterocycles. The summed E-state index contributed by atoms with van der Waals surface area (Å²) in [6, 6.07) is 3.26. The molecule has 1 rings (SSSR count). The molecule has 0 saturated carbocycles. The second kappa shape index (κ2) is 5.34. The van der Waals surface area contributed by atoms with Gasteiger partial charge in [0.05, 0.1) is 11.6 Å². The van der Waals surface area contributed by atoms with Gasteiger partial charge in [0.25, 0.3) is 5.91 Å². The van der Waals surface area contributed by atoms with Gasteiger partial charge >= 0.3 is 0 Å². The van der Waals surface area contributed by atoms with E-state index in [9.17, 15) is 18.0 Å². The molecule has 0 radical (unpaired) electrons. The van der Waals surface area contributed by atoms with E-state index in [-0.39, 0.29) is 13.1 Å². The molecule has 6 heteroatoms. The number of hydrogen-bond donors (Lipinski definition) is 0. The van der Waals surface area contributed by atoms with E-state index in [4.69, 9.17) is 5.26 Å². The number of benzene rings is 1. The Morgan fingerprint density at radius 1 is 1.35 bits per heavy atom. The maximum Gasteiger partial charge on any atom is 0.257 e. The van der Waals surface area contributed by atoms with Gasteiger partial charge in [0.2, 0.25) is 0 Å². The second-order valence-corrected chi connectivity index (χ2v) is 3.20. The fourth-order valence-corrected chi connectivity index (χ4v) is 1.27. The Balaban J connectivity index is 3.13. The third-order valence-electron chi connectivity index (χ3n) is 2.20. The van der Waals surface area contributed by atoms with Crippen molar-refractivity contribution in [2.75, 3.05) is 13.1 Å². The van der Waals surface area contributed by atoms with Crippen molar-refractivity contribution in [2.24, 2.45) is 0 Å². The number of nitrogens with zero attached hydrogens (tertiary/aromatic N) is 2. The van der Waals surface area contributed by atoms with Crippen LogP contribution < -0.4 is 0 Å². The Morgan fingerprint density at radius 2 is 2.00 bits per heavy atom. The van der Waals surface area contributed by atoms with E-state index in [0.29, 0.717) is 6.07 Å². The van der Waals surface area contributed by atoms with Crippen LogP contribution >= 0.6 is 0 Å². The van der Waals surface area contributed by atoms with E-state index >= 15 is 0 Å². The number of carbonyl (C=O) groups is 1. The van der Waals surface area contributed by atoms with Crippen LogP contribution in [0.4, 0.5) is 13.2 Å². The summed E-state index contributed by atoms with van der Waals surface area (Å²) in [7, 11) is 0. The number of hydrogen-bond acceptors (Lipinski definition) is 2. The molecule has 1 aromatic rings. The first-order valence-electron chi connectivity index (χ1n) is 4.82. The Hall–Kier alpha value is -2.03. The van der Waals surface area contributed by atoms with Crippen LogP contribution in [0.15, 0.2) is 12.1 Å². The first-order chi connectivity index (χ1) is 8.02. The zero-order chi connectivity index (χ0) is 13.0. The fourth-order valence-electron chi connectivity index (χ4n) is 1.27. The van der Waals surface area contributed by atoms with Crippen LogP contribution in [-0.4, -0.2) is 23.9 Å². The van der Waals surface area contributed by atoms with Crippen molar-refractivity contribution in [1.82, 2.24) is 4.90 Å². The third-order valence-corrected chi connectivity index (χ3v) is 2.20. The molecular formula is C11H9F3N2O. The predicted molar refractivity (Wildman–Crippen MR) is 53.5 cm³/mol. The summed E-state index contributed by atoms with van der Waals surface area (Å²) in [6.45, 7) is 1.52. The van der Waals surface area contributed by atoms with Crippen molar-refractivity contribution in [1.29, 1.82) is 5.26 Å². The van der Waals surface area contributed by atoms with Crippen LogP contribution in [-0.2, 0) is 0 Å². The highest BCUT2D eigenvalue weighted by Crippen LogP contribution is 2.16. The second-order valence-electron chi connectivity index (χ2n) is 3.20. The number of halogens is 3. The van der Waals surface area contributed by atoms with Crippen LogP contribution in [0.2, 0.25) is 0 Å². The smallest absolute Gasteiger partial charge is 0.257 e. The monoisotopic (exact) mass is 242 g/mol. The van der Waals surface area contributed by atoms with Gasteiger partial charge in [-0.3, -0.25) is 4.79 Å². The lowest BCUT2D eigenvalue weighted by Crippen LogP contribution is -2.32. The predicted octanol–water partition coefficient (Wildman–Crippen LogP) is 2.09. The van der Waals surface area contributed by atoms with Crippen LogP contribution in [0.25, 0.3) is 0 Å². The molecule has 1 aromatic carbocycles. The van der Waals surface area contributed by atoms with Crippen molar-refractivity contribution in [3.05, 3.63) is 35.1 Å². The van der Waals surface area contributed by atoms with Gasteiger partial charge in [0, 0.05) is 6.54 Å². The number of nitriles is 1. The van der Waals surface area contributed by atoms with Gasteiger partial charge in [-0.05, 0) is 19.1 Å². The first-order valence-corrected chi connectivity index (χ1v) is 4.82. The standard InChI is InChI=1S/C11H9F3N2O/c1-2-16(6-5-15)11(17)7-3-4-8(12)10(14)9(7)13/h3-4H,2,6H2,1H3. The van der Waals surface area contributed by atoms with Gasteiger partial charge in [-0.15, -0.1) is 0 Å². The topological polar surface area (TPSA) is 44.1 Å². The molecule has 0 spiro atoms. The minimum absolute atomic E-state index is 0.171. The lowest BCUT2D eigenvalue weighted by Gasteiger charge is -2.17. The first kappa shape index (κ1) is 13.0. The lowest BCUT2D eigenvalue weighted by molar-refractivity contribution is 0.0778. The van der Waals surface area contributed by atoms with E-state index < -0.39 is 28.9 Å². The maximum atomic E-state index is 13.3. The normalized spacial score (nSPS) is 9.82. The van der Waals surface area contributed by atoms with E-state index in [1.54, 1.807) is 13.0 Å². The zero-order valence-corrected chi connectivity index (χ0v) is 9.01. The number of amides is 1. The largest absolute Gasteiger partial charge is 0.326 e. The summed E-state index contributed by atoms with van der Waals surface area (Å²) >= 11 is 0. The fraction of sp³-hybridized carbons (Fsp3) is 0.273. The molecule has 0 bridgehead atoms. The SMILES string of the molecule is CCN(CC#N)C(=O)c1ccc(F)c(F)c1F. The van der Waals surface area contributed by atoms with E-state index in [1.807, 2.05) is 0 Å². The molecule has 0 aliphatic heterocycles. The highest BCUT2D eigenvalue weighted by molar-refractivity contribution is 5.94. The van der Waals surface area contributed by atoms with Gasteiger partial charge < -0.3 is 4.90 Å². The molecule has 0 unspecified atom stereocenters. The summed E-state index contributed by atoms with van der Waals surface area (Å²) in [4.78, 5) is 12.7. The van der Waals surface area contributed by atoms with Crippen LogP contribution in [0.1, 0.15) is 17.3 Å². The van der Waals surface area contributed by atoms with Crippen LogP contribution in [0, 0.1) is 28.8 Å². The Kier molecular flexibility index (Phi) is 4.10. The summed E-state index contributed by atoms with van der Waals surface area (Å²) < 4.78 is 38.9. The third kappa shape index (κ3) is 2.56. The molecular weight excluding hydrogens is 233 g/mol. The molecule has 1 amide bonds. The van der Waals surface area contributed by atoms with Gasteiger partial charge in [-0.25, -0.2) is 13.2 Å². The van der Waals surface area contributed by atoms with E-state index in [1.165, 1.54) is 0 Å². The molecule has 3 nitrogen and oxygen atoms in total. The average Bonchev–Trinajstić information content (AvgIpc) is 2.32. The highest BCUT2D eigenvalue weighted by atomic mass is 19.2. The van der Waals surface area contributed by atoms with E-state index in [2.05, 4.69) is 0 Å². The van der Waals surface area contributed by atoms with Crippen molar-refractivity contribution in [3.63, 3.8) is 0 Å². The Labute approximate surface area is 96.1 Å². The van der Waals surface area contributed by atoms with Gasteiger partial charge in [-0.2, -0.15) is 5.26 Å².